The molecule has 10 heteroatoms. The number of amides is 2. The average Bonchev–Trinajstić information content (AvgIpc) is 2.78. The molecule has 1 atom stereocenters. The number of sulfone groups is 1. The average molecular weight is 560 g/mol. The largest absolute Gasteiger partial charge is 0.371 e. The molecule has 4 rings (SSSR count). The van der Waals surface area contributed by atoms with Crippen LogP contribution in [0.4, 0.5) is 11.4 Å². The Morgan fingerprint density at radius 1 is 1.03 bits per heavy atom. The van der Waals surface area contributed by atoms with Gasteiger partial charge in [0.2, 0.25) is 5.91 Å². The molecule has 3 aromatic rings. The van der Waals surface area contributed by atoms with E-state index in [2.05, 4.69) is 44.5 Å². The predicted octanol–water partition coefficient (Wildman–Crippen LogP) is 4.02. The molecule has 3 N–H and O–H groups in total. The quantitative estimate of drug-likeness (QED) is 0.327. The summed E-state index contributed by atoms with van der Waals surface area (Å²) in [4.78, 5) is 26.0. The molecular weight excluding hydrogens is 538 g/mol. The second-order valence-electron chi connectivity index (χ2n) is 7.94. The van der Waals surface area contributed by atoms with Gasteiger partial charge in [-0.1, -0.05) is 46.3 Å². The molecule has 34 heavy (non-hydrogen) atoms. The first-order valence-electron chi connectivity index (χ1n) is 10.4. The Kier molecular flexibility index (Phi) is 7.30. The maximum absolute atomic E-state index is 12.7. The summed E-state index contributed by atoms with van der Waals surface area (Å²) >= 11 is 7.71. The van der Waals surface area contributed by atoms with Gasteiger partial charge in [-0.15, -0.1) is 12.6 Å². The highest BCUT2D eigenvalue weighted by molar-refractivity contribution is 9.10. The molecule has 0 aromatic heterocycles. The number of rotatable bonds is 7. The molecule has 1 aliphatic heterocycles. The van der Waals surface area contributed by atoms with E-state index in [1.165, 1.54) is 0 Å². The van der Waals surface area contributed by atoms with Crippen LogP contribution in [0.1, 0.15) is 21.5 Å². The smallest absolute Gasteiger partial charge is 0.251 e. The fourth-order valence-corrected chi connectivity index (χ4v) is 5.87. The highest BCUT2D eigenvalue weighted by Gasteiger charge is 2.30. The third kappa shape index (κ3) is 5.99. The zero-order chi connectivity index (χ0) is 24.3. The molecule has 0 saturated carbocycles. The lowest BCUT2D eigenvalue weighted by Gasteiger charge is -2.27. The zero-order valence-corrected chi connectivity index (χ0v) is 21.2. The summed E-state index contributed by atoms with van der Waals surface area (Å²) in [6.07, 6.45) is 0. The molecule has 0 bridgehead atoms. The molecule has 3 aromatic carbocycles. The van der Waals surface area contributed by atoms with Gasteiger partial charge < -0.3 is 16.0 Å². The van der Waals surface area contributed by atoms with Crippen LogP contribution in [-0.2, 0) is 26.9 Å². The minimum absolute atomic E-state index is 0.167. The molecule has 2 amide bonds. The molecule has 0 fully saturated rings. The zero-order valence-electron chi connectivity index (χ0n) is 17.9. The number of fused-ring (bicyclic) bond motifs is 1. The summed E-state index contributed by atoms with van der Waals surface area (Å²) in [7, 11) is -3.56. The Morgan fingerprint density at radius 2 is 1.82 bits per heavy atom. The van der Waals surface area contributed by atoms with Crippen molar-refractivity contribution in [1.82, 2.24) is 5.32 Å². The Bertz CT molecular complexity index is 1360. The van der Waals surface area contributed by atoms with Gasteiger partial charge in [0, 0.05) is 21.5 Å². The van der Waals surface area contributed by atoms with E-state index < -0.39 is 21.8 Å². The minimum atomic E-state index is -3.56. The molecule has 0 aliphatic carbocycles. The second kappa shape index (κ2) is 10.2. The van der Waals surface area contributed by atoms with Gasteiger partial charge in [-0.05, 0) is 47.5 Å². The predicted molar refractivity (Wildman–Crippen MR) is 139 cm³/mol. The van der Waals surface area contributed by atoms with E-state index in [0.717, 1.165) is 14.9 Å². The lowest BCUT2D eigenvalue weighted by molar-refractivity contribution is -0.116. The number of nitrogens with one attached hydrogen (secondary N) is 3. The lowest BCUT2D eigenvalue weighted by Crippen LogP contribution is -2.43. The third-order valence-corrected chi connectivity index (χ3v) is 7.86. The van der Waals surface area contributed by atoms with Crippen LogP contribution in [0, 0.1) is 0 Å². The van der Waals surface area contributed by atoms with Crippen molar-refractivity contribution in [3.05, 3.63) is 87.9 Å². The Labute approximate surface area is 211 Å². The molecule has 176 valence electrons. The van der Waals surface area contributed by atoms with E-state index in [1.807, 2.05) is 30.3 Å². The van der Waals surface area contributed by atoms with Gasteiger partial charge in [0.25, 0.3) is 5.91 Å². The molecule has 0 unspecified atom stereocenters. The van der Waals surface area contributed by atoms with E-state index in [0.29, 0.717) is 29.0 Å². The van der Waals surface area contributed by atoms with Gasteiger partial charge in [0.1, 0.15) is 6.04 Å². The van der Waals surface area contributed by atoms with Crippen LogP contribution < -0.4 is 16.0 Å². The summed E-state index contributed by atoms with van der Waals surface area (Å²) in [5.74, 6) is -1.28. The SMILES string of the molecule is O=C(NCc1ccccc1S)c1ccc2c(c1)NC(=O)[C@H](CS(=O)(=O)Cc1cccc(Br)c1)N2. The van der Waals surface area contributed by atoms with E-state index in [9.17, 15) is 18.0 Å². The minimum Gasteiger partial charge on any atom is -0.371 e. The van der Waals surface area contributed by atoms with E-state index in [1.54, 1.807) is 36.4 Å². The Hall–Kier alpha value is -2.82. The number of thiol groups is 1. The van der Waals surface area contributed by atoms with Crippen molar-refractivity contribution in [1.29, 1.82) is 0 Å². The van der Waals surface area contributed by atoms with Crippen LogP contribution in [0.3, 0.4) is 0 Å². The highest BCUT2D eigenvalue weighted by Crippen LogP contribution is 2.29. The summed E-state index contributed by atoms with van der Waals surface area (Å²) in [6, 6.07) is 18.4. The molecule has 1 aliphatic rings. The normalized spacial score (nSPS) is 15.1. The van der Waals surface area contributed by atoms with Gasteiger partial charge >= 0.3 is 0 Å². The Balaban J connectivity index is 1.41. The monoisotopic (exact) mass is 559 g/mol. The first-order valence-corrected chi connectivity index (χ1v) is 13.5. The van der Waals surface area contributed by atoms with Crippen molar-refractivity contribution in [2.45, 2.75) is 23.2 Å². The third-order valence-electron chi connectivity index (χ3n) is 5.31. The van der Waals surface area contributed by atoms with Gasteiger partial charge in [0.15, 0.2) is 9.84 Å². The molecular formula is C24H22BrN3O4S2. The molecule has 0 radical (unpaired) electrons. The van der Waals surface area contributed by atoms with Crippen molar-refractivity contribution < 1.29 is 18.0 Å². The van der Waals surface area contributed by atoms with Crippen LogP contribution in [0.2, 0.25) is 0 Å². The van der Waals surface area contributed by atoms with Crippen molar-refractivity contribution in [2.24, 2.45) is 0 Å². The van der Waals surface area contributed by atoms with Crippen molar-refractivity contribution in [2.75, 3.05) is 16.4 Å². The molecule has 7 nitrogen and oxygen atoms in total. The Morgan fingerprint density at radius 3 is 2.59 bits per heavy atom. The highest BCUT2D eigenvalue weighted by atomic mass is 79.9. The summed E-state index contributed by atoms with van der Waals surface area (Å²) in [6.45, 7) is 0.318. The fraction of sp³-hybridized carbons (Fsp3) is 0.167. The second-order valence-corrected chi connectivity index (χ2v) is 11.4. The van der Waals surface area contributed by atoms with E-state index >= 15 is 0 Å². The van der Waals surface area contributed by atoms with Gasteiger partial charge in [-0.3, -0.25) is 9.59 Å². The van der Waals surface area contributed by atoms with E-state index in [4.69, 9.17) is 0 Å². The first kappa shape index (κ1) is 24.3. The number of hydrogen-bond donors (Lipinski definition) is 4. The number of benzene rings is 3. The van der Waals surface area contributed by atoms with Crippen LogP contribution in [0.25, 0.3) is 0 Å². The van der Waals surface area contributed by atoms with Crippen molar-refractivity contribution >= 4 is 61.6 Å². The maximum atomic E-state index is 12.7. The number of halogens is 1. The standard InChI is InChI=1S/C24H22BrN3O4S2/c25-18-6-3-4-15(10-18)13-34(31,32)14-21-24(30)28-20-11-16(8-9-19(20)27-21)23(29)26-12-17-5-1-2-7-22(17)33/h1-11,21,27,33H,12-14H2,(H,26,29)(H,28,30)/t21-/m0/s1. The molecule has 0 spiro atoms. The number of anilines is 2. The number of carbonyl (C=O) groups is 2. The lowest BCUT2D eigenvalue weighted by atomic mass is 10.1. The van der Waals surface area contributed by atoms with Gasteiger partial charge in [-0.2, -0.15) is 0 Å². The van der Waals surface area contributed by atoms with E-state index in [-0.39, 0.29) is 17.4 Å². The summed E-state index contributed by atoms with van der Waals surface area (Å²) in [5, 5.41) is 8.54. The topological polar surface area (TPSA) is 104 Å². The fourth-order valence-electron chi connectivity index (χ4n) is 3.64. The summed E-state index contributed by atoms with van der Waals surface area (Å²) < 4.78 is 26.2. The first-order chi connectivity index (χ1) is 16.2. The molecule has 1 heterocycles. The van der Waals surface area contributed by atoms with Gasteiger partial charge in [0.05, 0.1) is 22.9 Å². The molecule has 0 saturated heterocycles. The van der Waals surface area contributed by atoms with Crippen molar-refractivity contribution in [3.8, 4) is 0 Å². The summed E-state index contributed by atoms with van der Waals surface area (Å²) in [5.41, 5.74) is 2.88. The van der Waals surface area contributed by atoms with Crippen LogP contribution in [0.15, 0.2) is 76.1 Å². The van der Waals surface area contributed by atoms with Crippen LogP contribution >= 0.6 is 28.6 Å². The van der Waals surface area contributed by atoms with Crippen LogP contribution in [0.5, 0.6) is 0 Å². The maximum Gasteiger partial charge on any atom is 0.251 e. The number of hydrogen-bond acceptors (Lipinski definition) is 6. The van der Waals surface area contributed by atoms with Gasteiger partial charge in [-0.25, -0.2) is 8.42 Å². The van der Waals surface area contributed by atoms with Crippen molar-refractivity contribution in [3.63, 3.8) is 0 Å². The van der Waals surface area contributed by atoms with Crippen LogP contribution in [-0.4, -0.2) is 32.0 Å². The number of carbonyl (C=O) groups excluding carboxylic acids is 2.